The molecule has 0 heterocycles. The monoisotopic (exact) mass is 182 g/mol. The van der Waals surface area contributed by atoms with Crippen LogP contribution in [0.1, 0.15) is 29.2 Å². The van der Waals surface area contributed by atoms with Crippen molar-refractivity contribution < 1.29 is 24.0 Å². The van der Waals surface area contributed by atoms with E-state index in [2.05, 4.69) is 0 Å². The second-order valence-electron chi connectivity index (χ2n) is 3.43. The van der Waals surface area contributed by atoms with Crippen molar-refractivity contribution in [3.05, 3.63) is 40.5 Å². The molecule has 0 saturated heterocycles. The molecule has 0 fully saturated rings. The van der Waals surface area contributed by atoms with E-state index in [1.165, 1.54) is 5.56 Å². The molecule has 0 bridgehead atoms. The van der Waals surface area contributed by atoms with E-state index in [0.717, 1.165) is 16.7 Å². The molecule has 0 amide bonds. The smallest absolute Gasteiger partial charge is 0.872 e. The van der Waals surface area contributed by atoms with Crippen LogP contribution in [0.25, 0.3) is 5.76 Å². The van der Waals surface area contributed by atoms with Crippen LogP contribution in [-0.4, -0.2) is 0 Å². The van der Waals surface area contributed by atoms with Gasteiger partial charge < -0.3 is 5.11 Å². The van der Waals surface area contributed by atoms with E-state index in [9.17, 15) is 5.11 Å². The number of rotatable bonds is 1. The Hall–Kier alpha value is -0.643. The molecule has 0 saturated carbocycles. The molecule has 0 aliphatic rings. The van der Waals surface area contributed by atoms with Crippen LogP contribution in [0.3, 0.4) is 0 Å². The van der Waals surface area contributed by atoms with Crippen molar-refractivity contribution in [2.24, 2.45) is 0 Å². The van der Waals surface area contributed by atoms with Crippen molar-refractivity contribution in [1.82, 2.24) is 0 Å². The standard InChI is InChI=1S/C12H16O.Li/c1-5-11(13)12-9(3)6-8(2)7-10(12)4;/h5-7,13H,1-4H3;/q;+1/p-1/b11-5-;. The minimum absolute atomic E-state index is 0. The van der Waals surface area contributed by atoms with Gasteiger partial charge in [0.25, 0.3) is 0 Å². The average Bonchev–Trinajstić information content (AvgIpc) is 2.02. The largest absolute Gasteiger partial charge is 1.00 e. The van der Waals surface area contributed by atoms with E-state index in [4.69, 9.17) is 0 Å². The maximum absolute atomic E-state index is 11.5. The van der Waals surface area contributed by atoms with Crippen LogP contribution in [0.5, 0.6) is 0 Å². The topological polar surface area (TPSA) is 23.1 Å². The molecule has 14 heavy (non-hydrogen) atoms. The summed E-state index contributed by atoms with van der Waals surface area (Å²) in [4.78, 5) is 0. The van der Waals surface area contributed by atoms with Crippen LogP contribution in [-0.2, 0) is 0 Å². The number of hydrogen-bond acceptors (Lipinski definition) is 1. The second-order valence-corrected chi connectivity index (χ2v) is 3.43. The third-order valence-corrected chi connectivity index (χ3v) is 2.19. The first kappa shape index (κ1) is 13.4. The summed E-state index contributed by atoms with van der Waals surface area (Å²) in [5, 5.41) is 11.5. The summed E-state index contributed by atoms with van der Waals surface area (Å²) < 4.78 is 0. The molecule has 2 heteroatoms. The van der Waals surface area contributed by atoms with Gasteiger partial charge in [-0.1, -0.05) is 23.8 Å². The first-order chi connectivity index (χ1) is 6.06. The Labute approximate surface area is 98.0 Å². The Bertz CT molecular complexity index is 330. The van der Waals surface area contributed by atoms with E-state index in [1.807, 2.05) is 32.9 Å². The van der Waals surface area contributed by atoms with Crippen LogP contribution in [0, 0.1) is 20.8 Å². The van der Waals surface area contributed by atoms with Gasteiger partial charge in [-0.3, -0.25) is 0 Å². The second kappa shape index (κ2) is 5.29. The number of allylic oxidation sites excluding steroid dienone is 1. The third-order valence-electron chi connectivity index (χ3n) is 2.19. The third kappa shape index (κ3) is 2.67. The molecular formula is C12H15LiO. The van der Waals surface area contributed by atoms with E-state index < -0.39 is 0 Å². The molecule has 70 valence electrons. The molecule has 1 aromatic rings. The fraction of sp³-hybridized carbons (Fsp3) is 0.333. The van der Waals surface area contributed by atoms with Crippen LogP contribution >= 0.6 is 0 Å². The van der Waals surface area contributed by atoms with Gasteiger partial charge in [0.15, 0.2) is 0 Å². The summed E-state index contributed by atoms with van der Waals surface area (Å²) in [6, 6.07) is 4.09. The van der Waals surface area contributed by atoms with Gasteiger partial charge in [-0.05, 0) is 44.4 Å². The van der Waals surface area contributed by atoms with Crippen molar-refractivity contribution in [1.29, 1.82) is 0 Å². The minimum atomic E-state index is 0. The van der Waals surface area contributed by atoms with Gasteiger partial charge in [0.1, 0.15) is 0 Å². The van der Waals surface area contributed by atoms with E-state index in [1.54, 1.807) is 13.0 Å². The van der Waals surface area contributed by atoms with E-state index >= 15 is 0 Å². The maximum atomic E-state index is 11.5. The van der Waals surface area contributed by atoms with E-state index in [0.29, 0.717) is 0 Å². The molecule has 0 N–H and O–H groups in total. The normalized spacial score (nSPS) is 11.0. The van der Waals surface area contributed by atoms with Crippen LogP contribution in [0.15, 0.2) is 18.2 Å². The molecule has 0 aliphatic heterocycles. The van der Waals surface area contributed by atoms with Crippen LogP contribution in [0.4, 0.5) is 0 Å². The summed E-state index contributed by atoms with van der Waals surface area (Å²) in [5.74, 6) is 0.120. The predicted molar refractivity (Wildman–Crippen MR) is 54.3 cm³/mol. The molecule has 0 unspecified atom stereocenters. The number of benzene rings is 1. The Morgan fingerprint density at radius 3 is 1.93 bits per heavy atom. The van der Waals surface area contributed by atoms with Gasteiger partial charge >= 0.3 is 18.9 Å². The fourth-order valence-electron chi connectivity index (χ4n) is 1.71. The molecule has 0 radical (unpaired) electrons. The quantitative estimate of drug-likeness (QED) is 0.417. The predicted octanol–water partition coefficient (Wildman–Crippen LogP) is -0.663. The zero-order valence-electron chi connectivity index (χ0n) is 9.64. The molecule has 1 aromatic carbocycles. The molecule has 0 aliphatic carbocycles. The summed E-state index contributed by atoms with van der Waals surface area (Å²) in [5.41, 5.74) is 4.21. The first-order valence-electron chi connectivity index (χ1n) is 4.47. The maximum Gasteiger partial charge on any atom is 1.00 e. The minimum Gasteiger partial charge on any atom is -0.872 e. The van der Waals surface area contributed by atoms with Crippen molar-refractivity contribution in [3.8, 4) is 0 Å². The molecule has 0 aromatic heterocycles. The summed E-state index contributed by atoms with van der Waals surface area (Å²) in [6.45, 7) is 7.79. The summed E-state index contributed by atoms with van der Waals surface area (Å²) in [7, 11) is 0. The summed E-state index contributed by atoms with van der Waals surface area (Å²) >= 11 is 0. The van der Waals surface area contributed by atoms with Crippen LogP contribution < -0.4 is 24.0 Å². The van der Waals surface area contributed by atoms with Gasteiger partial charge in [0, 0.05) is 0 Å². The average molecular weight is 182 g/mol. The van der Waals surface area contributed by atoms with Crippen molar-refractivity contribution in [3.63, 3.8) is 0 Å². The molecule has 1 nitrogen and oxygen atoms in total. The SMILES string of the molecule is C/C=C(\[O-])c1c(C)cc(C)cc1C.[Li+]. The van der Waals surface area contributed by atoms with Crippen molar-refractivity contribution in [2.45, 2.75) is 27.7 Å². The van der Waals surface area contributed by atoms with Gasteiger partial charge in [0.05, 0.1) is 0 Å². The van der Waals surface area contributed by atoms with Gasteiger partial charge in [-0.2, -0.15) is 0 Å². The van der Waals surface area contributed by atoms with Gasteiger partial charge in [0.2, 0.25) is 0 Å². The Balaban J connectivity index is 0.00000169. The molecule has 0 spiro atoms. The van der Waals surface area contributed by atoms with Crippen molar-refractivity contribution >= 4 is 5.76 Å². The van der Waals surface area contributed by atoms with Gasteiger partial charge in [-0.25, -0.2) is 0 Å². The first-order valence-corrected chi connectivity index (χ1v) is 4.47. The molecular weight excluding hydrogens is 167 g/mol. The van der Waals surface area contributed by atoms with Crippen molar-refractivity contribution in [2.75, 3.05) is 0 Å². The van der Waals surface area contributed by atoms with Crippen LogP contribution in [0.2, 0.25) is 0 Å². The molecule has 0 atom stereocenters. The molecule has 1 rings (SSSR count). The summed E-state index contributed by atoms with van der Waals surface area (Å²) in [6.07, 6.45) is 1.62. The van der Waals surface area contributed by atoms with Gasteiger partial charge in [-0.15, -0.1) is 5.76 Å². The fourth-order valence-corrected chi connectivity index (χ4v) is 1.71. The zero-order chi connectivity index (χ0) is 10.0. The number of aryl methyl sites for hydroxylation is 3. The Morgan fingerprint density at radius 1 is 1.14 bits per heavy atom. The zero-order valence-corrected chi connectivity index (χ0v) is 9.64. The Morgan fingerprint density at radius 2 is 1.57 bits per heavy atom. The number of hydrogen-bond donors (Lipinski definition) is 0. The van der Waals surface area contributed by atoms with E-state index in [-0.39, 0.29) is 24.6 Å². The Kier molecular flexibility index (Phi) is 5.05.